The Morgan fingerprint density at radius 1 is 1.58 bits per heavy atom. The number of aliphatic hydroxyl groups is 1. The number of rotatable bonds is 4. The minimum absolute atomic E-state index is 0.188. The van der Waals surface area contributed by atoms with Gasteiger partial charge in [-0.3, -0.25) is 4.90 Å². The van der Waals surface area contributed by atoms with Gasteiger partial charge in [-0.05, 0) is 30.3 Å². The van der Waals surface area contributed by atoms with E-state index in [1.165, 1.54) is 0 Å². The molecule has 0 amide bonds. The van der Waals surface area contributed by atoms with Gasteiger partial charge in [-0.25, -0.2) is 0 Å². The third-order valence-electron chi connectivity index (χ3n) is 3.73. The van der Waals surface area contributed by atoms with Crippen molar-refractivity contribution < 1.29 is 9.63 Å². The topological polar surface area (TPSA) is 62.4 Å². The van der Waals surface area contributed by atoms with E-state index in [2.05, 4.69) is 22.0 Å². The van der Waals surface area contributed by atoms with Crippen LogP contribution in [0.5, 0.6) is 0 Å². The quantitative estimate of drug-likeness (QED) is 0.927. The number of nitrogens with zero attached hydrogens (tertiary/aromatic N) is 3. The molecule has 0 aliphatic carbocycles. The van der Waals surface area contributed by atoms with Gasteiger partial charge < -0.3 is 9.63 Å². The number of thiophene rings is 1. The highest BCUT2D eigenvalue weighted by molar-refractivity contribution is 7.13. The first kappa shape index (κ1) is 12.8. The van der Waals surface area contributed by atoms with Crippen LogP contribution >= 0.6 is 11.3 Å². The van der Waals surface area contributed by atoms with Crippen LogP contribution in [-0.2, 0) is 6.54 Å². The number of aliphatic hydroxyl groups excluding tert-OH is 1. The van der Waals surface area contributed by atoms with E-state index in [1.807, 2.05) is 17.5 Å². The predicted molar refractivity (Wildman–Crippen MR) is 72.7 cm³/mol. The maximum atomic E-state index is 9.43. The molecule has 0 aromatic carbocycles. The van der Waals surface area contributed by atoms with Crippen LogP contribution in [0.3, 0.4) is 0 Å². The van der Waals surface area contributed by atoms with Gasteiger partial charge in [0.1, 0.15) is 0 Å². The summed E-state index contributed by atoms with van der Waals surface area (Å²) in [5.41, 5.74) is 0. The molecule has 1 aliphatic rings. The molecule has 1 N–H and O–H groups in total. The molecule has 3 heterocycles. The summed E-state index contributed by atoms with van der Waals surface area (Å²) < 4.78 is 5.30. The molecule has 0 bridgehead atoms. The summed E-state index contributed by atoms with van der Waals surface area (Å²) in [6.45, 7) is 3.95. The fraction of sp³-hybridized carbons (Fsp3) is 0.538. The van der Waals surface area contributed by atoms with Crippen molar-refractivity contribution in [2.45, 2.75) is 25.9 Å². The lowest BCUT2D eigenvalue weighted by molar-refractivity contribution is 0.123. The Labute approximate surface area is 115 Å². The second kappa shape index (κ2) is 5.40. The molecule has 1 fully saturated rings. The zero-order chi connectivity index (χ0) is 13.2. The molecular weight excluding hydrogens is 262 g/mol. The molecule has 0 spiro atoms. The van der Waals surface area contributed by atoms with E-state index in [9.17, 15) is 5.11 Å². The molecular formula is C13H17N3O2S. The Balaban J connectivity index is 1.71. The third kappa shape index (κ3) is 2.56. The predicted octanol–water partition coefficient (Wildman–Crippen LogP) is 2.00. The van der Waals surface area contributed by atoms with Gasteiger partial charge in [-0.15, -0.1) is 11.3 Å². The highest BCUT2D eigenvalue weighted by atomic mass is 32.1. The lowest BCUT2D eigenvalue weighted by atomic mass is 10.0. The maximum absolute atomic E-state index is 9.43. The molecule has 102 valence electrons. The van der Waals surface area contributed by atoms with Crippen LogP contribution in [0.4, 0.5) is 0 Å². The molecule has 1 saturated heterocycles. The average Bonchev–Trinajstić information content (AvgIpc) is 3.11. The van der Waals surface area contributed by atoms with E-state index < -0.39 is 0 Å². The van der Waals surface area contributed by atoms with Gasteiger partial charge in [-0.1, -0.05) is 18.1 Å². The molecule has 0 saturated carbocycles. The van der Waals surface area contributed by atoms with E-state index in [-0.39, 0.29) is 12.6 Å². The van der Waals surface area contributed by atoms with Crippen molar-refractivity contribution in [1.29, 1.82) is 0 Å². The van der Waals surface area contributed by atoms with E-state index in [0.717, 1.165) is 17.8 Å². The molecule has 6 heteroatoms. The molecule has 2 atom stereocenters. The molecule has 19 heavy (non-hydrogen) atoms. The van der Waals surface area contributed by atoms with Crippen molar-refractivity contribution >= 4 is 11.3 Å². The average molecular weight is 279 g/mol. The van der Waals surface area contributed by atoms with Crippen molar-refractivity contribution in [3.8, 4) is 10.7 Å². The summed E-state index contributed by atoms with van der Waals surface area (Å²) in [5.74, 6) is 1.79. The van der Waals surface area contributed by atoms with Crippen LogP contribution in [0.25, 0.3) is 10.7 Å². The van der Waals surface area contributed by atoms with Gasteiger partial charge >= 0.3 is 0 Å². The summed E-state index contributed by atoms with van der Waals surface area (Å²) in [4.78, 5) is 7.66. The van der Waals surface area contributed by atoms with Crippen molar-refractivity contribution in [1.82, 2.24) is 15.0 Å². The van der Waals surface area contributed by atoms with E-state index in [0.29, 0.717) is 24.2 Å². The van der Waals surface area contributed by atoms with Crippen LogP contribution in [0, 0.1) is 5.92 Å². The third-order valence-corrected chi connectivity index (χ3v) is 4.60. The Morgan fingerprint density at radius 2 is 2.47 bits per heavy atom. The Morgan fingerprint density at radius 3 is 3.21 bits per heavy atom. The normalized spacial score (nSPS) is 24.1. The monoisotopic (exact) mass is 279 g/mol. The van der Waals surface area contributed by atoms with Crippen LogP contribution in [0.15, 0.2) is 22.0 Å². The summed E-state index contributed by atoms with van der Waals surface area (Å²) in [5, 5.41) is 15.4. The summed E-state index contributed by atoms with van der Waals surface area (Å²) in [7, 11) is 0. The largest absolute Gasteiger partial charge is 0.395 e. The minimum Gasteiger partial charge on any atom is -0.395 e. The number of hydrogen-bond donors (Lipinski definition) is 1. The lowest BCUT2D eigenvalue weighted by Gasteiger charge is -2.22. The first-order valence-corrected chi connectivity index (χ1v) is 7.37. The lowest BCUT2D eigenvalue weighted by Crippen LogP contribution is -2.34. The standard InChI is InChI=1S/C13H17N3O2S/c1-9-4-5-16(10(9)8-17)7-12-14-13(15-18-12)11-3-2-6-19-11/h2-3,6,9-10,17H,4-5,7-8H2,1H3. The molecule has 0 radical (unpaired) electrons. The smallest absolute Gasteiger partial charge is 0.241 e. The van der Waals surface area contributed by atoms with Crippen molar-refractivity contribution in [3.05, 3.63) is 23.4 Å². The van der Waals surface area contributed by atoms with Gasteiger partial charge in [-0.2, -0.15) is 4.98 Å². The van der Waals surface area contributed by atoms with Gasteiger partial charge in [0.15, 0.2) is 0 Å². The fourth-order valence-electron chi connectivity index (χ4n) is 2.58. The Bertz CT molecular complexity index is 526. The van der Waals surface area contributed by atoms with E-state index in [4.69, 9.17) is 4.52 Å². The van der Waals surface area contributed by atoms with Gasteiger partial charge in [0, 0.05) is 6.04 Å². The second-order valence-corrected chi connectivity index (χ2v) is 5.92. The SMILES string of the molecule is CC1CCN(Cc2nc(-c3cccs3)no2)C1CO. The molecule has 2 aromatic heterocycles. The van der Waals surface area contributed by atoms with Crippen LogP contribution in [-0.4, -0.2) is 39.3 Å². The Hall–Kier alpha value is -1.24. The number of hydrogen-bond acceptors (Lipinski definition) is 6. The van der Waals surface area contributed by atoms with Gasteiger partial charge in [0.2, 0.25) is 11.7 Å². The van der Waals surface area contributed by atoms with Crippen LogP contribution in [0.2, 0.25) is 0 Å². The fourth-order valence-corrected chi connectivity index (χ4v) is 3.23. The van der Waals surface area contributed by atoms with Crippen LogP contribution < -0.4 is 0 Å². The van der Waals surface area contributed by atoms with Crippen molar-refractivity contribution in [2.24, 2.45) is 5.92 Å². The number of likely N-dealkylation sites (tertiary alicyclic amines) is 1. The van der Waals surface area contributed by atoms with E-state index >= 15 is 0 Å². The minimum atomic E-state index is 0.188. The van der Waals surface area contributed by atoms with Gasteiger partial charge in [0.25, 0.3) is 0 Å². The molecule has 1 aliphatic heterocycles. The molecule has 3 rings (SSSR count). The molecule has 2 unspecified atom stereocenters. The van der Waals surface area contributed by atoms with Crippen molar-refractivity contribution in [3.63, 3.8) is 0 Å². The summed E-state index contributed by atoms with van der Waals surface area (Å²) in [6.07, 6.45) is 1.11. The van der Waals surface area contributed by atoms with E-state index in [1.54, 1.807) is 11.3 Å². The zero-order valence-corrected chi connectivity index (χ0v) is 11.6. The first-order chi connectivity index (χ1) is 9.28. The Kier molecular flexibility index (Phi) is 3.63. The zero-order valence-electron chi connectivity index (χ0n) is 10.8. The highest BCUT2D eigenvalue weighted by Gasteiger charge is 2.31. The maximum Gasteiger partial charge on any atom is 0.241 e. The number of aromatic nitrogens is 2. The van der Waals surface area contributed by atoms with Gasteiger partial charge in [0.05, 0.1) is 18.0 Å². The van der Waals surface area contributed by atoms with Crippen molar-refractivity contribution in [2.75, 3.05) is 13.2 Å². The second-order valence-electron chi connectivity index (χ2n) is 4.98. The molecule has 5 nitrogen and oxygen atoms in total. The summed E-state index contributed by atoms with van der Waals surface area (Å²) in [6, 6.07) is 4.16. The van der Waals surface area contributed by atoms with Crippen LogP contribution in [0.1, 0.15) is 19.2 Å². The summed E-state index contributed by atoms with van der Waals surface area (Å²) >= 11 is 1.60. The molecule has 2 aromatic rings. The first-order valence-electron chi connectivity index (χ1n) is 6.49. The highest BCUT2D eigenvalue weighted by Crippen LogP contribution is 2.26.